The molecule has 120 valence electrons. The highest BCUT2D eigenvalue weighted by Crippen LogP contribution is 2.26. The van der Waals surface area contributed by atoms with Crippen LogP contribution in [-0.2, 0) is 6.61 Å². The van der Waals surface area contributed by atoms with E-state index < -0.39 is 0 Å². The van der Waals surface area contributed by atoms with E-state index in [1.54, 1.807) is 19.1 Å². The highest BCUT2D eigenvalue weighted by atomic mass is 16.5. The summed E-state index contributed by atoms with van der Waals surface area (Å²) < 4.78 is 5.89. The SMILES string of the molecule is CC(=O)c1ccccc1OCc1c(C)cc(C)c(C(C)=O)c1C. The third-order valence-corrected chi connectivity index (χ3v) is 4.12. The zero-order valence-electron chi connectivity index (χ0n) is 14.3. The minimum absolute atomic E-state index is 0.0256. The fourth-order valence-electron chi connectivity index (χ4n) is 3.02. The summed E-state index contributed by atoms with van der Waals surface area (Å²) in [7, 11) is 0. The maximum atomic E-state index is 11.9. The normalized spacial score (nSPS) is 10.5. The standard InChI is InChI=1S/C20H22O3/c1-12-10-13(2)20(16(5)22)14(3)18(12)11-23-19-9-7-6-8-17(19)15(4)21/h6-10H,11H2,1-5H3. The maximum Gasteiger partial charge on any atom is 0.163 e. The second kappa shape index (κ2) is 6.78. The van der Waals surface area contributed by atoms with Gasteiger partial charge in [0.2, 0.25) is 0 Å². The number of ketones is 2. The Morgan fingerprint density at radius 1 is 0.957 bits per heavy atom. The van der Waals surface area contributed by atoms with Crippen LogP contribution in [0.5, 0.6) is 5.75 Å². The number of carbonyl (C=O) groups excluding carboxylic acids is 2. The van der Waals surface area contributed by atoms with Gasteiger partial charge in [-0.2, -0.15) is 0 Å². The Labute approximate surface area is 137 Å². The molecule has 0 fully saturated rings. The third-order valence-electron chi connectivity index (χ3n) is 4.12. The van der Waals surface area contributed by atoms with Crippen LogP contribution >= 0.6 is 0 Å². The van der Waals surface area contributed by atoms with Crippen molar-refractivity contribution in [1.29, 1.82) is 0 Å². The van der Waals surface area contributed by atoms with E-state index in [1.165, 1.54) is 6.92 Å². The molecule has 0 radical (unpaired) electrons. The van der Waals surface area contributed by atoms with E-state index in [-0.39, 0.29) is 11.6 Å². The van der Waals surface area contributed by atoms with E-state index in [0.717, 1.165) is 27.8 Å². The first-order valence-electron chi connectivity index (χ1n) is 7.66. The van der Waals surface area contributed by atoms with Crippen LogP contribution in [-0.4, -0.2) is 11.6 Å². The molecule has 0 spiro atoms. The number of benzene rings is 2. The van der Waals surface area contributed by atoms with Gasteiger partial charge >= 0.3 is 0 Å². The Bertz CT molecular complexity index is 773. The molecule has 0 unspecified atom stereocenters. The number of Topliss-reactive ketones (excluding diaryl/α,β-unsaturated/α-hetero) is 2. The smallest absolute Gasteiger partial charge is 0.163 e. The first-order chi connectivity index (χ1) is 10.8. The molecule has 0 atom stereocenters. The van der Waals surface area contributed by atoms with Crippen LogP contribution in [0, 0.1) is 20.8 Å². The Kier molecular flexibility index (Phi) is 4.99. The van der Waals surface area contributed by atoms with Crippen LogP contribution in [0.15, 0.2) is 30.3 Å². The lowest BCUT2D eigenvalue weighted by Gasteiger charge is -2.17. The molecule has 0 aliphatic carbocycles. The van der Waals surface area contributed by atoms with Gasteiger partial charge in [0.1, 0.15) is 12.4 Å². The van der Waals surface area contributed by atoms with Gasteiger partial charge in [0, 0.05) is 5.56 Å². The average Bonchev–Trinajstić information content (AvgIpc) is 2.46. The zero-order valence-corrected chi connectivity index (χ0v) is 14.3. The predicted molar refractivity (Wildman–Crippen MR) is 91.4 cm³/mol. The summed E-state index contributed by atoms with van der Waals surface area (Å²) in [5, 5.41) is 0. The van der Waals surface area contributed by atoms with Crippen molar-refractivity contribution in [3.8, 4) is 5.75 Å². The molecule has 3 heteroatoms. The highest BCUT2D eigenvalue weighted by Gasteiger charge is 2.15. The molecule has 0 bridgehead atoms. The first-order valence-corrected chi connectivity index (χ1v) is 7.66. The lowest BCUT2D eigenvalue weighted by Crippen LogP contribution is -2.09. The Hall–Kier alpha value is -2.42. The van der Waals surface area contributed by atoms with Gasteiger partial charge in [0.15, 0.2) is 11.6 Å². The molecule has 0 aliphatic heterocycles. The van der Waals surface area contributed by atoms with E-state index in [2.05, 4.69) is 0 Å². The molecule has 3 nitrogen and oxygen atoms in total. The second-order valence-corrected chi connectivity index (χ2v) is 5.89. The summed E-state index contributed by atoms with van der Waals surface area (Å²) >= 11 is 0. The van der Waals surface area contributed by atoms with Crippen molar-refractivity contribution < 1.29 is 14.3 Å². The van der Waals surface area contributed by atoms with Gasteiger partial charge in [-0.05, 0) is 69.0 Å². The number of carbonyl (C=O) groups is 2. The number of para-hydroxylation sites is 1. The van der Waals surface area contributed by atoms with Crippen molar-refractivity contribution >= 4 is 11.6 Å². The molecular weight excluding hydrogens is 288 g/mol. The zero-order chi connectivity index (χ0) is 17.1. The molecule has 0 amide bonds. The van der Waals surface area contributed by atoms with Crippen LogP contribution in [0.1, 0.15) is 56.8 Å². The largest absolute Gasteiger partial charge is 0.488 e. The average molecular weight is 310 g/mol. The summed E-state index contributed by atoms with van der Waals surface area (Å²) in [5.74, 6) is 0.608. The summed E-state index contributed by atoms with van der Waals surface area (Å²) in [6.45, 7) is 9.36. The van der Waals surface area contributed by atoms with E-state index in [1.807, 2.05) is 39.0 Å². The highest BCUT2D eigenvalue weighted by molar-refractivity contribution is 5.97. The molecule has 0 aromatic heterocycles. The van der Waals surface area contributed by atoms with Gasteiger partial charge in [-0.1, -0.05) is 18.2 Å². The number of ether oxygens (including phenoxy) is 1. The van der Waals surface area contributed by atoms with Crippen LogP contribution in [0.3, 0.4) is 0 Å². The molecular formula is C20H22O3. The van der Waals surface area contributed by atoms with Gasteiger partial charge in [-0.25, -0.2) is 0 Å². The number of aryl methyl sites for hydroxylation is 2. The van der Waals surface area contributed by atoms with E-state index in [4.69, 9.17) is 4.74 Å². The third kappa shape index (κ3) is 3.50. The van der Waals surface area contributed by atoms with Crippen molar-refractivity contribution in [3.63, 3.8) is 0 Å². The minimum Gasteiger partial charge on any atom is -0.488 e. The molecule has 0 heterocycles. The van der Waals surface area contributed by atoms with Gasteiger partial charge in [0.25, 0.3) is 0 Å². The van der Waals surface area contributed by atoms with E-state index in [0.29, 0.717) is 17.9 Å². The van der Waals surface area contributed by atoms with Crippen LogP contribution < -0.4 is 4.74 Å². The minimum atomic E-state index is -0.0256. The molecule has 0 N–H and O–H groups in total. The van der Waals surface area contributed by atoms with Crippen LogP contribution in [0.25, 0.3) is 0 Å². The van der Waals surface area contributed by atoms with Crippen LogP contribution in [0.2, 0.25) is 0 Å². The molecule has 2 aromatic carbocycles. The topological polar surface area (TPSA) is 43.4 Å². The van der Waals surface area contributed by atoms with Gasteiger partial charge in [0.05, 0.1) is 5.56 Å². The molecule has 2 aromatic rings. The fourth-order valence-corrected chi connectivity index (χ4v) is 3.02. The van der Waals surface area contributed by atoms with Crippen molar-refractivity contribution in [3.05, 3.63) is 63.7 Å². The quantitative estimate of drug-likeness (QED) is 0.758. The van der Waals surface area contributed by atoms with Gasteiger partial charge in [-0.3, -0.25) is 9.59 Å². The predicted octanol–water partition coefficient (Wildman–Crippen LogP) is 4.60. The molecule has 0 aliphatic rings. The lowest BCUT2D eigenvalue weighted by molar-refractivity contribution is 0.100. The lowest BCUT2D eigenvalue weighted by atomic mass is 9.92. The van der Waals surface area contributed by atoms with Crippen LogP contribution in [0.4, 0.5) is 0 Å². The molecule has 0 saturated heterocycles. The number of hydrogen-bond acceptors (Lipinski definition) is 3. The van der Waals surface area contributed by atoms with Gasteiger partial charge in [-0.15, -0.1) is 0 Å². The summed E-state index contributed by atoms with van der Waals surface area (Å²) in [5.41, 5.74) is 5.36. The molecule has 0 saturated carbocycles. The maximum absolute atomic E-state index is 11.9. The summed E-state index contributed by atoms with van der Waals surface area (Å²) in [6, 6.07) is 9.23. The summed E-state index contributed by atoms with van der Waals surface area (Å²) in [6.07, 6.45) is 0. The fraction of sp³-hybridized carbons (Fsp3) is 0.300. The van der Waals surface area contributed by atoms with Crippen molar-refractivity contribution in [2.45, 2.75) is 41.2 Å². The Balaban J connectivity index is 2.37. The molecule has 23 heavy (non-hydrogen) atoms. The first kappa shape index (κ1) is 16.9. The molecule has 2 rings (SSSR count). The van der Waals surface area contributed by atoms with Crippen molar-refractivity contribution in [2.24, 2.45) is 0 Å². The monoisotopic (exact) mass is 310 g/mol. The number of rotatable bonds is 5. The number of hydrogen-bond donors (Lipinski definition) is 0. The Morgan fingerprint density at radius 2 is 1.61 bits per heavy atom. The summed E-state index contributed by atoms with van der Waals surface area (Å²) in [4.78, 5) is 23.6. The van der Waals surface area contributed by atoms with Crippen molar-refractivity contribution in [1.82, 2.24) is 0 Å². The van der Waals surface area contributed by atoms with Gasteiger partial charge < -0.3 is 4.74 Å². The Morgan fingerprint density at radius 3 is 2.22 bits per heavy atom. The van der Waals surface area contributed by atoms with E-state index >= 15 is 0 Å². The second-order valence-electron chi connectivity index (χ2n) is 5.89. The van der Waals surface area contributed by atoms with E-state index in [9.17, 15) is 9.59 Å². The van der Waals surface area contributed by atoms with Crippen molar-refractivity contribution in [2.75, 3.05) is 0 Å².